The zero-order chi connectivity index (χ0) is 13.2. The number of nitrogens with one attached hydrogen (secondary N) is 1. The van der Waals surface area contributed by atoms with Gasteiger partial charge in [-0.3, -0.25) is 4.40 Å². The second-order valence-electron chi connectivity index (χ2n) is 4.21. The van der Waals surface area contributed by atoms with Crippen molar-refractivity contribution < 1.29 is 0 Å². The Hall–Kier alpha value is -2.14. The molecule has 0 saturated carbocycles. The van der Waals surface area contributed by atoms with Gasteiger partial charge in [-0.05, 0) is 31.2 Å². The molecule has 0 amide bonds. The minimum Gasteiger partial charge on any atom is -0.360 e. The summed E-state index contributed by atoms with van der Waals surface area (Å²) in [5, 5.41) is 12.2. The number of rotatable bonds is 3. The first-order chi connectivity index (χ1) is 9.24. The van der Waals surface area contributed by atoms with Gasteiger partial charge in [0, 0.05) is 12.4 Å². The lowest BCUT2D eigenvalue weighted by Gasteiger charge is -2.12. The largest absolute Gasteiger partial charge is 0.360 e. The van der Waals surface area contributed by atoms with Gasteiger partial charge in [-0.1, -0.05) is 17.7 Å². The zero-order valence-electron chi connectivity index (χ0n) is 10.3. The molecule has 19 heavy (non-hydrogen) atoms. The van der Waals surface area contributed by atoms with Crippen molar-refractivity contribution in [1.29, 1.82) is 0 Å². The number of hydrogen-bond donors (Lipinski definition) is 1. The van der Waals surface area contributed by atoms with Crippen molar-refractivity contribution in [3.8, 4) is 0 Å². The average molecular weight is 274 g/mol. The van der Waals surface area contributed by atoms with Crippen molar-refractivity contribution >= 4 is 23.1 Å². The van der Waals surface area contributed by atoms with Crippen LogP contribution in [0.3, 0.4) is 0 Å². The maximum absolute atomic E-state index is 5.81. The Balaban J connectivity index is 1.87. The van der Waals surface area contributed by atoms with Gasteiger partial charge in [0.05, 0.1) is 11.1 Å². The van der Waals surface area contributed by atoms with Crippen LogP contribution >= 0.6 is 11.6 Å². The van der Waals surface area contributed by atoms with Gasteiger partial charge in [0.2, 0.25) is 0 Å². The highest BCUT2D eigenvalue weighted by Gasteiger charge is 2.13. The lowest BCUT2D eigenvalue weighted by atomic mass is 10.3. The Morgan fingerprint density at radius 2 is 2.11 bits per heavy atom. The van der Waals surface area contributed by atoms with Crippen LogP contribution in [0.2, 0.25) is 5.02 Å². The molecule has 96 valence electrons. The first kappa shape index (κ1) is 11.9. The second kappa shape index (κ2) is 4.85. The van der Waals surface area contributed by atoms with Gasteiger partial charge >= 0.3 is 0 Å². The van der Waals surface area contributed by atoms with Crippen molar-refractivity contribution in [3.05, 3.63) is 53.6 Å². The maximum atomic E-state index is 5.81. The molecule has 1 N–H and O–H groups in total. The highest BCUT2D eigenvalue weighted by Crippen LogP contribution is 2.18. The van der Waals surface area contributed by atoms with Crippen LogP contribution in [0.15, 0.2) is 42.7 Å². The summed E-state index contributed by atoms with van der Waals surface area (Å²) in [6.45, 7) is 2.01. The van der Waals surface area contributed by atoms with E-state index in [2.05, 4.69) is 20.5 Å². The van der Waals surface area contributed by atoms with E-state index in [1.54, 1.807) is 12.3 Å². The molecule has 0 aliphatic rings. The van der Waals surface area contributed by atoms with E-state index in [-0.39, 0.29) is 6.04 Å². The van der Waals surface area contributed by atoms with Gasteiger partial charge < -0.3 is 5.32 Å². The fraction of sp³-hybridized carbons (Fsp3) is 0.154. The molecule has 3 rings (SSSR count). The van der Waals surface area contributed by atoms with E-state index in [4.69, 9.17) is 11.6 Å². The Morgan fingerprint density at radius 1 is 1.21 bits per heavy atom. The lowest BCUT2D eigenvalue weighted by Crippen LogP contribution is -2.11. The molecule has 3 aromatic heterocycles. The van der Waals surface area contributed by atoms with Crippen LogP contribution in [-0.2, 0) is 0 Å². The predicted molar refractivity (Wildman–Crippen MR) is 74.3 cm³/mol. The monoisotopic (exact) mass is 273 g/mol. The third-order valence-corrected chi connectivity index (χ3v) is 3.04. The molecule has 0 aliphatic heterocycles. The minimum atomic E-state index is -0.00826. The standard InChI is InChI=1S/C13H12ClN5/c1-9(16-11-6-5-10(14)8-15-11)13-18-17-12-4-2-3-7-19(12)13/h2-9H,1H3,(H,15,16). The number of hydrogen-bond acceptors (Lipinski definition) is 4. The molecule has 0 spiro atoms. The van der Waals surface area contributed by atoms with Crippen molar-refractivity contribution in [1.82, 2.24) is 19.6 Å². The summed E-state index contributed by atoms with van der Waals surface area (Å²) in [7, 11) is 0. The third kappa shape index (κ3) is 2.37. The van der Waals surface area contributed by atoms with Crippen LogP contribution in [0, 0.1) is 0 Å². The molecule has 1 unspecified atom stereocenters. The average Bonchev–Trinajstić information content (AvgIpc) is 2.85. The number of fused-ring (bicyclic) bond motifs is 1. The predicted octanol–water partition coefficient (Wildman–Crippen LogP) is 2.95. The summed E-state index contributed by atoms with van der Waals surface area (Å²) in [6.07, 6.45) is 3.55. The van der Waals surface area contributed by atoms with Crippen LogP contribution < -0.4 is 5.32 Å². The zero-order valence-corrected chi connectivity index (χ0v) is 11.0. The van der Waals surface area contributed by atoms with Crippen LogP contribution in [-0.4, -0.2) is 19.6 Å². The lowest BCUT2D eigenvalue weighted by molar-refractivity contribution is 0.768. The molecule has 0 radical (unpaired) electrons. The van der Waals surface area contributed by atoms with Gasteiger partial charge in [0.15, 0.2) is 11.5 Å². The fourth-order valence-electron chi connectivity index (χ4n) is 1.90. The van der Waals surface area contributed by atoms with Gasteiger partial charge in [-0.15, -0.1) is 10.2 Å². The van der Waals surface area contributed by atoms with E-state index in [1.165, 1.54) is 0 Å². The van der Waals surface area contributed by atoms with Crippen molar-refractivity contribution in [2.45, 2.75) is 13.0 Å². The highest BCUT2D eigenvalue weighted by atomic mass is 35.5. The molecule has 0 bridgehead atoms. The molecule has 3 heterocycles. The van der Waals surface area contributed by atoms with E-state index >= 15 is 0 Å². The summed E-state index contributed by atoms with van der Waals surface area (Å²) in [5.74, 6) is 1.59. The van der Waals surface area contributed by atoms with Crippen LogP contribution in [0.4, 0.5) is 5.82 Å². The van der Waals surface area contributed by atoms with Crippen LogP contribution in [0.25, 0.3) is 5.65 Å². The number of pyridine rings is 2. The van der Waals surface area contributed by atoms with E-state index in [9.17, 15) is 0 Å². The van der Waals surface area contributed by atoms with Gasteiger partial charge in [0.1, 0.15) is 5.82 Å². The van der Waals surface area contributed by atoms with Crippen LogP contribution in [0.5, 0.6) is 0 Å². The van der Waals surface area contributed by atoms with Gasteiger partial charge in [0.25, 0.3) is 0 Å². The van der Waals surface area contributed by atoms with Gasteiger partial charge in [-0.2, -0.15) is 0 Å². The second-order valence-corrected chi connectivity index (χ2v) is 4.65. The number of halogens is 1. The molecule has 0 saturated heterocycles. The smallest absolute Gasteiger partial charge is 0.160 e. The first-order valence-corrected chi connectivity index (χ1v) is 6.29. The summed E-state index contributed by atoms with van der Waals surface area (Å²) < 4.78 is 1.95. The Kier molecular flexibility index (Phi) is 3.05. The summed E-state index contributed by atoms with van der Waals surface area (Å²) in [5.41, 5.74) is 0.829. The summed E-state index contributed by atoms with van der Waals surface area (Å²) in [6, 6.07) is 9.43. The fourth-order valence-corrected chi connectivity index (χ4v) is 2.01. The molecule has 6 heteroatoms. The topological polar surface area (TPSA) is 55.1 Å². The molecule has 0 aromatic carbocycles. The SMILES string of the molecule is CC(Nc1ccc(Cl)cn1)c1nnc2ccccn12. The third-order valence-electron chi connectivity index (χ3n) is 2.82. The molecular weight excluding hydrogens is 262 g/mol. The molecule has 3 aromatic rings. The highest BCUT2D eigenvalue weighted by molar-refractivity contribution is 6.30. The number of nitrogens with zero attached hydrogens (tertiary/aromatic N) is 4. The maximum Gasteiger partial charge on any atom is 0.160 e. The molecule has 0 fully saturated rings. The Morgan fingerprint density at radius 3 is 2.89 bits per heavy atom. The van der Waals surface area contributed by atoms with E-state index < -0.39 is 0 Å². The van der Waals surface area contributed by atoms with Gasteiger partial charge in [-0.25, -0.2) is 4.98 Å². The van der Waals surface area contributed by atoms with E-state index in [1.807, 2.05) is 41.8 Å². The normalized spacial score (nSPS) is 12.5. The molecule has 1 atom stereocenters. The molecule has 5 nitrogen and oxygen atoms in total. The number of anilines is 1. The van der Waals surface area contributed by atoms with Crippen molar-refractivity contribution in [2.75, 3.05) is 5.32 Å². The Labute approximate surface area is 115 Å². The van der Waals surface area contributed by atoms with Crippen LogP contribution in [0.1, 0.15) is 18.8 Å². The van der Waals surface area contributed by atoms with E-state index in [0.29, 0.717) is 5.02 Å². The van der Waals surface area contributed by atoms with Crippen molar-refractivity contribution in [2.24, 2.45) is 0 Å². The number of aromatic nitrogens is 4. The molecular formula is C13H12ClN5. The van der Waals surface area contributed by atoms with E-state index in [0.717, 1.165) is 17.3 Å². The quantitative estimate of drug-likeness (QED) is 0.797. The Bertz CT molecular complexity index is 692. The summed E-state index contributed by atoms with van der Waals surface area (Å²) >= 11 is 5.81. The minimum absolute atomic E-state index is 0.00826. The van der Waals surface area contributed by atoms with Crippen molar-refractivity contribution in [3.63, 3.8) is 0 Å². The first-order valence-electron chi connectivity index (χ1n) is 5.92. The molecule has 0 aliphatic carbocycles. The summed E-state index contributed by atoms with van der Waals surface area (Å²) in [4.78, 5) is 4.21.